The molecule has 0 aliphatic heterocycles. The van der Waals surface area contributed by atoms with E-state index < -0.39 is 0 Å². The molecular weight excluding hydrogens is 927 g/mol. The van der Waals surface area contributed by atoms with Crippen LogP contribution in [0.1, 0.15) is 0 Å². The van der Waals surface area contributed by atoms with Gasteiger partial charge in [-0.2, -0.15) is 0 Å². The predicted octanol–water partition coefficient (Wildman–Crippen LogP) is 21.1. The van der Waals surface area contributed by atoms with Crippen molar-refractivity contribution in [2.45, 2.75) is 0 Å². The molecule has 1 aromatic heterocycles. The Morgan fingerprint density at radius 1 is 0.169 bits per heavy atom. The monoisotopic (exact) mass is 975 g/mol. The van der Waals surface area contributed by atoms with Gasteiger partial charge in [0.25, 0.3) is 0 Å². The normalized spacial score (nSPS) is 11.6. The highest BCUT2D eigenvalue weighted by atomic mass is 15.0. The number of hydrogen-bond acceptors (Lipinski definition) is 0. The molecule has 0 fully saturated rings. The third kappa shape index (κ3) is 7.79. The molecule has 15 aromatic rings. The third-order valence-corrected chi connectivity index (χ3v) is 16.0. The van der Waals surface area contributed by atoms with E-state index >= 15 is 0 Å². The molecule has 0 aliphatic rings. The van der Waals surface area contributed by atoms with Gasteiger partial charge < -0.3 is 4.57 Å². The first kappa shape index (κ1) is 44.4. The molecular formula is C76H49N. The summed E-state index contributed by atoms with van der Waals surface area (Å²) in [5, 5.41) is 12.7. The fraction of sp³-hybridized carbons (Fsp3) is 0. The molecule has 0 radical (unpaired) electrons. The van der Waals surface area contributed by atoms with E-state index in [-0.39, 0.29) is 0 Å². The Balaban J connectivity index is 0.758. The van der Waals surface area contributed by atoms with E-state index in [0.29, 0.717) is 0 Å². The first-order valence-electron chi connectivity index (χ1n) is 26.6. The van der Waals surface area contributed by atoms with Crippen LogP contribution in [0.15, 0.2) is 297 Å². The highest BCUT2D eigenvalue weighted by molar-refractivity contribution is 6.15. The quantitative estimate of drug-likeness (QED) is 0.134. The fourth-order valence-electron chi connectivity index (χ4n) is 12.1. The molecule has 0 bridgehead atoms. The van der Waals surface area contributed by atoms with Crippen LogP contribution in [0.2, 0.25) is 0 Å². The Bertz CT molecular complexity index is 4450. The lowest BCUT2D eigenvalue weighted by molar-refractivity contribution is 1.18. The van der Waals surface area contributed by atoms with Crippen molar-refractivity contribution in [3.8, 4) is 83.6 Å². The van der Waals surface area contributed by atoms with Crippen LogP contribution in [0.5, 0.6) is 0 Å². The molecule has 1 heteroatoms. The minimum absolute atomic E-state index is 1.14. The summed E-state index contributed by atoms with van der Waals surface area (Å²) in [7, 11) is 0. The number of fused-ring (bicyclic) bond motifs is 9. The Labute approximate surface area is 447 Å². The average Bonchev–Trinajstić information content (AvgIpc) is 3.92. The third-order valence-electron chi connectivity index (χ3n) is 16.0. The van der Waals surface area contributed by atoms with Gasteiger partial charge in [-0.25, -0.2) is 0 Å². The van der Waals surface area contributed by atoms with Gasteiger partial charge >= 0.3 is 0 Å². The standard InChI is InChI=1S/C76H49N/c1-2-12-50(13-3-1)55-38-42-64(43-39-55)77-75-44-40-60(56-26-22-51(23-27-56)53-30-34-58(35-31-53)71-48-62-14-4-6-16-65(62)67-18-8-10-20-69(67)71)46-73(75)74-47-61(41-45-76(74)77)57-28-24-52(25-29-57)54-32-36-59(37-33-54)72-49-63-15-5-7-17-66(63)68-19-9-11-21-70(68)72/h1-49H. The second-order valence-corrected chi connectivity index (χ2v) is 20.4. The minimum atomic E-state index is 1.14. The molecule has 14 aromatic carbocycles. The summed E-state index contributed by atoms with van der Waals surface area (Å²) in [6, 6.07) is 109. The summed E-state index contributed by atoms with van der Waals surface area (Å²) in [5.74, 6) is 0. The van der Waals surface area contributed by atoms with Crippen molar-refractivity contribution in [1.82, 2.24) is 4.57 Å². The van der Waals surface area contributed by atoms with Crippen molar-refractivity contribution in [2.24, 2.45) is 0 Å². The van der Waals surface area contributed by atoms with Crippen LogP contribution >= 0.6 is 0 Å². The number of nitrogens with zero attached hydrogens (tertiary/aromatic N) is 1. The van der Waals surface area contributed by atoms with Crippen molar-refractivity contribution in [2.75, 3.05) is 0 Å². The maximum Gasteiger partial charge on any atom is 0.0541 e. The summed E-state index contributed by atoms with van der Waals surface area (Å²) >= 11 is 0. The van der Waals surface area contributed by atoms with Crippen molar-refractivity contribution in [3.05, 3.63) is 297 Å². The average molecular weight is 976 g/mol. The van der Waals surface area contributed by atoms with Gasteiger partial charge in [0.2, 0.25) is 0 Å². The van der Waals surface area contributed by atoms with Crippen molar-refractivity contribution < 1.29 is 0 Å². The summed E-state index contributed by atoms with van der Waals surface area (Å²) in [4.78, 5) is 0. The van der Waals surface area contributed by atoms with Crippen molar-refractivity contribution in [3.63, 3.8) is 0 Å². The zero-order chi connectivity index (χ0) is 50.8. The van der Waals surface area contributed by atoms with Crippen molar-refractivity contribution >= 4 is 64.9 Å². The number of hydrogen-bond donors (Lipinski definition) is 0. The maximum atomic E-state index is 2.42. The van der Waals surface area contributed by atoms with Gasteiger partial charge in [-0.3, -0.25) is 0 Å². The van der Waals surface area contributed by atoms with Crippen LogP contribution in [0, 0.1) is 0 Å². The molecule has 0 saturated heterocycles. The first-order chi connectivity index (χ1) is 38.1. The zero-order valence-corrected chi connectivity index (χ0v) is 42.2. The lowest BCUT2D eigenvalue weighted by atomic mass is 9.92. The molecule has 0 saturated carbocycles. The first-order valence-corrected chi connectivity index (χ1v) is 26.6. The Kier molecular flexibility index (Phi) is 10.6. The Morgan fingerprint density at radius 2 is 0.455 bits per heavy atom. The molecule has 0 aliphatic carbocycles. The van der Waals surface area contributed by atoms with Gasteiger partial charge in [0.1, 0.15) is 0 Å². The highest BCUT2D eigenvalue weighted by Gasteiger charge is 2.17. The summed E-state index contributed by atoms with van der Waals surface area (Å²) in [6.07, 6.45) is 0. The van der Waals surface area contributed by atoms with Crippen LogP contribution in [0.25, 0.3) is 148 Å². The van der Waals surface area contributed by atoms with Gasteiger partial charge in [0, 0.05) is 16.5 Å². The maximum absolute atomic E-state index is 2.42. The van der Waals surface area contributed by atoms with Gasteiger partial charge in [-0.15, -0.1) is 0 Å². The van der Waals surface area contributed by atoms with E-state index in [1.165, 1.54) is 143 Å². The summed E-state index contributed by atoms with van der Waals surface area (Å²) in [6.45, 7) is 0. The second-order valence-electron chi connectivity index (χ2n) is 20.4. The van der Waals surface area contributed by atoms with Gasteiger partial charge in [0.05, 0.1) is 11.0 Å². The van der Waals surface area contributed by atoms with E-state index in [1.807, 2.05) is 0 Å². The SMILES string of the molecule is c1ccc(-c2ccc(-n3c4ccc(-c5ccc(-c6ccc(-c7cc8ccccc8c8ccccc78)cc6)cc5)cc4c4cc(-c5ccc(-c6ccc(-c7cc8ccccc8c8ccccc78)cc6)cc5)ccc43)cc2)cc1. The van der Waals surface area contributed by atoms with Crippen molar-refractivity contribution in [1.29, 1.82) is 0 Å². The molecule has 15 rings (SSSR count). The van der Waals surface area contributed by atoms with Crippen LogP contribution in [-0.2, 0) is 0 Å². The fourth-order valence-corrected chi connectivity index (χ4v) is 12.1. The molecule has 358 valence electrons. The molecule has 0 N–H and O–H groups in total. The van der Waals surface area contributed by atoms with E-state index in [1.54, 1.807) is 0 Å². The zero-order valence-electron chi connectivity index (χ0n) is 42.2. The summed E-state index contributed by atoms with van der Waals surface area (Å²) in [5.41, 5.74) is 20.4. The van der Waals surface area contributed by atoms with Crippen LogP contribution in [0.3, 0.4) is 0 Å². The Morgan fingerprint density at radius 3 is 0.857 bits per heavy atom. The van der Waals surface area contributed by atoms with Gasteiger partial charge in [-0.05, 0) is 170 Å². The number of rotatable bonds is 8. The summed E-state index contributed by atoms with van der Waals surface area (Å²) < 4.78 is 2.42. The Hall–Kier alpha value is -10.1. The van der Waals surface area contributed by atoms with Crippen LogP contribution in [-0.4, -0.2) is 4.57 Å². The molecule has 0 atom stereocenters. The van der Waals surface area contributed by atoms with Crippen LogP contribution in [0.4, 0.5) is 0 Å². The van der Waals surface area contributed by atoms with E-state index in [2.05, 4.69) is 302 Å². The lowest BCUT2D eigenvalue weighted by Crippen LogP contribution is -1.94. The second kappa shape index (κ2) is 18.4. The molecule has 77 heavy (non-hydrogen) atoms. The van der Waals surface area contributed by atoms with E-state index in [0.717, 1.165) is 5.69 Å². The van der Waals surface area contributed by atoms with E-state index in [4.69, 9.17) is 0 Å². The largest absolute Gasteiger partial charge is 0.309 e. The molecule has 1 heterocycles. The van der Waals surface area contributed by atoms with Crippen LogP contribution < -0.4 is 0 Å². The van der Waals surface area contributed by atoms with Gasteiger partial charge in [0.15, 0.2) is 0 Å². The highest BCUT2D eigenvalue weighted by Crippen LogP contribution is 2.41. The molecule has 0 spiro atoms. The minimum Gasteiger partial charge on any atom is -0.309 e. The lowest BCUT2D eigenvalue weighted by Gasteiger charge is -2.12. The number of aromatic nitrogens is 1. The van der Waals surface area contributed by atoms with Gasteiger partial charge in [-0.1, -0.05) is 249 Å². The predicted molar refractivity (Wildman–Crippen MR) is 329 cm³/mol. The molecule has 0 amide bonds. The molecule has 0 unspecified atom stereocenters. The molecule has 1 nitrogen and oxygen atoms in total. The smallest absolute Gasteiger partial charge is 0.0541 e. The topological polar surface area (TPSA) is 4.93 Å². The number of benzene rings is 14. The van der Waals surface area contributed by atoms with E-state index in [9.17, 15) is 0 Å².